The lowest BCUT2D eigenvalue weighted by molar-refractivity contribution is 0.281. The van der Waals surface area contributed by atoms with Gasteiger partial charge in [0.2, 0.25) is 0 Å². The average molecular weight is 144 g/mol. The molecule has 1 saturated carbocycles. The van der Waals surface area contributed by atoms with Crippen molar-refractivity contribution in [3.63, 3.8) is 0 Å². The number of para-hydroxylation sites is 1. The first kappa shape index (κ1) is 5.64. The monoisotopic (exact) mass is 144 g/mol. The van der Waals surface area contributed by atoms with E-state index in [0.717, 1.165) is 12.4 Å². The zero-order chi connectivity index (χ0) is 7.26. The van der Waals surface area contributed by atoms with Crippen LogP contribution in [0.15, 0.2) is 24.3 Å². The van der Waals surface area contributed by atoms with Gasteiger partial charge in [-0.05, 0) is 18.1 Å². The van der Waals surface area contributed by atoms with Gasteiger partial charge in [-0.25, -0.2) is 0 Å². The Hall–Kier alpha value is -0.980. The molecule has 0 saturated heterocycles. The molecule has 0 unspecified atom stereocenters. The molecule has 1 nitrogen and oxygen atoms in total. The van der Waals surface area contributed by atoms with Crippen LogP contribution in [0.25, 0.3) is 0 Å². The summed E-state index contributed by atoms with van der Waals surface area (Å²) in [6.07, 6.45) is 3.36. The molecule has 0 spiro atoms. The summed E-state index contributed by atoms with van der Waals surface area (Å²) in [4.78, 5) is 0. The van der Waals surface area contributed by atoms with Gasteiger partial charge in [0.05, 0.1) is 6.61 Å². The minimum absolute atomic E-state index is 0.583. The molecule has 0 aromatic heterocycles. The molecule has 1 aromatic rings. The van der Waals surface area contributed by atoms with Crippen molar-refractivity contribution in [3.05, 3.63) is 36.2 Å². The molecule has 0 bridgehead atoms. The smallest absolute Gasteiger partial charge is 0.122 e. The number of hydrogen-bond acceptors (Lipinski definition) is 1. The van der Waals surface area contributed by atoms with E-state index in [1.807, 2.05) is 12.1 Å². The number of ether oxygens (including phenoxy) is 1. The first-order chi connectivity index (χ1) is 5.45. The third-order valence-corrected chi connectivity index (χ3v) is 2.36. The third-order valence-electron chi connectivity index (χ3n) is 2.36. The normalized spacial score (nSPS) is 31.6. The average Bonchev–Trinajstić information content (AvgIpc) is 2.83. The number of hydrogen-bond donors (Lipinski definition) is 0. The Morgan fingerprint density at radius 2 is 2.27 bits per heavy atom. The highest BCUT2D eigenvalue weighted by Crippen LogP contribution is 2.52. The fourth-order valence-electron chi connectivity index (χ4n) is 1.67. The Labute approximate surface area is 66.0 Å². The predicted molar refractivity (Wildman–Crippen MR) is 41.4 cm³/mol. The zero-order valence-corrected chi connectivity index (χ0v) is 6.08. The summed E-state index contributed by atoms with van der Waals surface area (Å²) >= 11 is 0. The Kier molecular flexibility index (Phi) is 0.916. The predicted octanol–water partition coefficient (Wildman–Crippen LogP) is 1.87. The second-order valence-corrected chi connectivity index (χ2v) is 3.10. The molecule has 0 N–H and O–H groups in total. The van der Waals surface area contributed by atoms with Gasteiger partial charge in [-0.2, -0.15) is 0 Å². The van der Waals surface area contributed by atoms with Crippen molar-refractivity contribution in [2.75, 3.05) is 6.61 Å². The number of benzene rings is 1. The van der Waals surface area contributed by atoms with E-state index < -0.39 is 0 Å². The van der Waals surface area contributed by atoms with Gasteiger partial charge in [-0.1, -0.05) is 18.2 Å². The SMILES string of the molecule is [C]1[C@H]2COc3ccccc3[C@H]12. The van der Waals surface area contributed by atoms with Gasteiger partial charge in [0.1, 0.15) is 5.75 Å². The summed E-state index contributed by atoms with van der Waals surface area (Å²) < 4.78 is 5.51. The van der Waals surface area contributed by atoms with Crippen LogP contribution < -0.4 is 4.74 Å². The number of rotatable bonds is 0. The van der Waals surface area contributed by atoms with E-state index in [2.05, 4.69) is 18.6 Å². The molecule has 3 rings (SSSR count). The van der Waals surface area contributed by atoms with Crippen molar-refractivity contribution in [2.45, 2.75) is 5.92 Å². The van der Waals surface area contributed by atoms with Crippen LogP contribution in [-0.4, -0.2) is 6.61 Å². The standard InChI is InChI=1S/C10H8O/c1-2-4-10-8(3-1)9-5-7(9)6-11-10/h1-4,7,9H,6H2/t7-,9+/m0/s1. The van der Waals surface area contributed by atoms with Crippen molar-refractivity contribution in [1.82, 2.24) is 0 Å². The van der Waals surface area contributed by atoms with E-state index in [9.17, 15) is 0 Å². The fourth-order valence-corrected chi connectivity index (χ4v) is 1.67. The van der Waals surface area contributed by atoms with Crippen LogP contribution in [0.3, 0.4) is 0 Å². The molecule has 1 heterocycles. The number of fused-ring (bicyclic) bond motifs is 3. The molecule has 11 heavy (non-hydrogen) atoms. The minimum Gasteiger partial charge on any atom is -0.493 e. The van der Waals surface area contributed by atoms with Gasteiger partial charge in [0.15, 0.2) is 0 Å². The minimum atomic E-state index is 0.583. The summed E-state index contributed by atoms with van der Waals surface area (Å²) in [5, 5.41) is 0. The molecule has 2 aliphatic rings. The maximum atomic E-state index is 5.51. The highest BCUT2D eigenvalue weighted by molar-refractivity contribution is 5.45. The molecule has 0 amide bonds. The van der Waals surface area contributed by atoms with Crippen molar-refractivity contribution in [1.29, 1.82) is 0 Å². The molecule has 1 fully saturated rings. The summed E-state index contributed by atoms with van der Waals surface area (Å²) in [5.41, 5.74) is 1.32. The van der Waals surface area contributed by atoms with Gasteiger partial charge >= 0.3 is 0 Å². The molecule has 1 aliphatic heterocycles. The van der Waals surface area contributed by atoms with Gasteiger partial charge in [-0.3, -0.25) is 0 Å². The Bertz CT molecular complexity index is 293. The molecule has 1 aromatic carbocycles. The molecular weight excluding hydrogens is 136 g/mol. The van der Waals surface area contributed by atoms with Gasteiger partial charge in [-0.15, -0.1) is 0 Å². The highest BCUT2D eigenvalue weighted by Gasteiger charge is 2.44. The van der Waals surface area contributed by atoms with Crippen molar-refractivity contribution in [2.24, 2.45) is 5.92 Å². The van der Waals surface area contributed by atoms with E-state index in [1.54, 1.807) is 0 Å². The Morgan fingerprint density at radius 3 is 3.27 bits per heavy atom. The first-order valence-electron chi connectivity index (χ1n) is 3.93. The van der Waals surface area contributed by atoms with Crippen molar-refractivity contribution < 1.29 is 4.74 Å². The van der Waals surface area contributed by atoms with E-state index in [1.165, 1.54) is 5.56 Å². The summed E-state index contributed by atoms with van der Waals surface area (Å²) in [6.45, 7) is 0.835. The summed E-state index contributed by atoms with van der Waals surface area (Å²) in [6, 6.07) is 8.24. The van der Waals surface area contributed by atoms with E-state index in [4.69, 9.17) is 4.74 Å². The van der Waals surface area contributed by atoms with Crippen LogP contribution in [0, 0.1) is 12.3 Å². The second kappa shape index (κ2) is 1.79. The maximum Gasteiger partial charge on any atom is 0.122 e. The Balaban J connectivity index is 2.14. The lowest BCUT2D eigenvalue weighted by atomic mass is 10.1. The molecule has 2 radical (unpaired) electrons. The second-order valence-electron chi connectivity index (χ2n) is 3.10. The van der Waals surface area contributed by atoms with Crippen LogP contribution in [0.2, 0.25) is 0 Å². The molecule has 1 aliphatic carbocycles. The largest absolute Gasteiger partial charge is 0.493 e. The lowest BCUT2D eigenvalue weighted by Gasteiger charge is -2.15. The van der Waals surface area contributed by atoms with Crippen LogP contribution in [0.5, 0.6) is 5.75 Å². The van der Waals surface area contributed by atoms with Gasteiger partial charge in [0.25, 0.3) is 0 Å². The maximum absolute atomic E-state index is 5.51. The van der Waals surface area contributed by atoms with Gasteiger partial charge in [0, 0.05) is 11.8 Å². The Morgan fingerprint density at radius 1 is 1.36 bits per heavy atom. The molecule has 2 atom stereocenters. The molecular formula is C10H8O. The quantitative estimate of drug-likeness (QED) is 0.540. The van der Waals surface area contributed by atoms with E-state index >= 15 is 0 Å². The fraction of sp³-hybridized carbons (Fsp3) is 0.300. The van der Waals surface area contributed by atoms with Crippen LogP contribution in [0.1, 0.15) is 11.5 Å². The van der Waals surface area contributed by atoms with Crippen LogP contribution >= 0.6 is 0 Å². The van der Waals surface area contributed by atoms with Crippen LogP contribution in [0.4, 0.5) is 0 Å². The zero-order valence-electron chi connectivity index (χ0n) is 6.08. The first-order valence-corrected chi connectivity index (χ1v) is 3.93. The molecule has 1 heteroatoms. The molecule has 54 valence electrons. The van der Waals surface area contributed by atoms with E-state index in [-0.39, 0.29) is 0 Å². The summed E-state index contributed by atoms with van der Waals surface area (Å²) in [7, 11) is 0. The van der Waals surface area contributed by atoms with Crippen LogP contribution in [-0.2, 0) is 0 Å². The topological polar surface area (TPSA) is 9.23 Å². The van der Waals surface area contributed by atoms with Crippen molar-refractivity contribution in [3.8, 4) is 5.75 Å². The summed E-state index contributed by atoms with van der Waals surface area (Å²) in [5.74, 6) is 2.23. The lowest BCUT2D eigenvalue weighted by Crippen LogP contribution is -2.07. The highest BCUT2D eigenvalue weighted by atomic mass is 16.5. The van der Waals surface area contributed by atoms with E-state index in [0.29, 0.717) is 11.8 Å². The third kappa shape index (κ3) is 0.710. The van der Waals surface area contributed by atoms with Gasteiger partial charge < -0.3 is 4.74 Å². The van der Waals surface area contributed by atoms with Crippen molar-refractivity contribution >= 4 is 0 Å².